The summed E-state index contributed by atoms with van der Waals surface area (Å²) in [5.41, 5.74) is 0.939. The zero-order chi connectivity index (χ0) is 15.0. The van der Waals surface area contributed by atoms with Gasteiger partial charge < -0.3 is 9.94 Å². The van der Waals surface area contributed by atoms with Gasteiger partial charge in [-0.1, -0.05) is 23.7 Å². The molecule has 2 rings (SSSR count). The van der Waals surface area contributed by atoms with Crippen molar-refractivity contribution < 1.29 is 23.2 Å². The van der Waals surface area contributed by atoms with E-state index in [0.717, 1.165) is 11.8 Å². The Kier molecular flexibility index (Phi) is 4.01. The van der Waals surface area contributed by atoms with Crippen LogP contribution in [0.2, 0.25) is 0 Å². The number of carbonyl (C=O) groups is 1. The van der Waals surface area contributed by atoms with Crippen molar-refractivity contribution in [2.75, 3.05) is 0 Å². The van der Waals surface area contributed by atoms with E-state index < -0.39 is 28.3 Å². The number of hydrogen-bond donors (Lipinski definition) is 1. The summed E-state index contributed by atoms with van der Waals surface area (Å²) in [5.74, 6) is -1.83. The highest BCUT2D eigenvalue weighted by Gasteiger charge is 2.36. The Labute approximate surface area is 121 Å². The summed E-state index contributed by atoms with van der Waals surface area (Å²) < 4.78 is 22.5. The van der Waals surface area contributed by atoms with Gasteiger partial charge in [0.2, 0.25) is 10.3 Å². The van der Waals surface area contributed by atoms with Gasteiger partial charge in [0.1, 0.15) is 0 Å². The van der Waals surface area contributed by atoms with Crippen LogP contribution in [-0.2, 0) is 19.9 Å². The van der Waals surface area contributed by atoms with Gasteiger partial charge in [-0.2, -0.15) is 8.42 Å². The van der Waals surface area contributed by atoms with Crippen molar-refractivity contribution in [2.45, 2.75) is 26.4 Å². The van der Waals surface area contributed by atoms with Crippen molar-refractivity contribution in [1.82, 2.24) is 0 Å². The lowest BCUT2D eigenvalue weighted by atomic mass is 9.85. The summed E-state index contributed by atoms with van der Waals surface area (Å²) in [6.07, 6.45) is 1.02. The molecule has 1 N–H and O–H groups in total. The molecule has 0 radical (unpaired) electrons. The van der Waals surface area contributed by atoms with Crippen LogP contribution >= 0.6 is 11.6 Å². The van der Waals surface area contributed by atoms with Crippen LogP contribution in [0.5, 0.6) is 0 Å². The van der Waals surface area contributed by atoms with E-state index >= 15 is 0 Å². The molecule has 0 aromatic carbocycles. The van der Waals surface area contributed by atoms with Crippen LogP contribution in [0.1, 0.15) is 20.3 Å². The smallest absolute Gasteiger partial charge is 0.337 e. The average Bonchev–Trinajstić information content (AvgIpc) is 2.75. The Morgan fingerprint density at radius 1 is 1.55 bits per heavy atom. The minimum Gasteiger partial charge on any atom is -0.478 e. The van der Waals surface area contributed by atoms with Gasteiger partial charge in [0.25, 0.3) is 0 Å². The highest BCUT2D eigenvalue weighted by molar-refractivity contribution is 7.73. The molecule has 8 heteroatoms. The van der Waals surface area contributed by atoms with Crippen LogP contribution in [-0.4, -0.2) is 36.2 Å². The van der Waals surface area contributed by atoms with Crippen molar-refractivity contribution in [3.8, 4) is 0 Å². The third kappa shape index (κ3) is 2.51. The van der Waals surface area contributed by atoms with Crippen LogP contribution in [0, 0.1) is 5.92 Å². The summed E-state index contributed by atoms with van der Waals surface area (Å²) >= 11 is 6.12. The molecular formula is C12H12ClNO5S. The first kappa shape index (κ1) is 14.8. The van der Waals surface area contributed by atoms with Crippen LogP contribution in [0.15, 0.2) is 27.4 Å². The highest BCUT2D eigenvalue weighted by atomic mass is 35.5. The van der Waals surface area contributed by atoms with Crippen molar-refractivity contribution in [1.29, 1.82) is 0 Å². The maximum Gasteiger partial charge on any atom is 0.337 e. The maximum absolute atomic E-state index is 11.3. The molecule has 0 saturated carbocycles. The molecule has 1 aliphatic heterocycles. The van der Waals surface area contributed by atoms with E-state index in [-0.39, 0.29) is 15.5 Å². The quantitative estimate of drug-likeness (QED) is 0.776. The second-order valence-electron chi connectivity index (χ2n) is 4.62. The number of carboxylic acids is 1. The van der Waals surface area contributed by atoms with E-state index in [0.29, 0.717) is 12.0 Å². The Morgan fingerprint density at radius 2 is 2.20 bits per heavy atom. The number of halogens is 1. The molecule has 0 aromatic heterocycles. The Balaban J connectivity index is 2.57. The van der Waals surface area contributed by atoms with Gasteiger partial charge >= 0.3 is 5.97 Å². The molecule has 2 unspecified atom stereocenters. The standard InChI is InChI=1S/C12H12ClNO5S/c1-5-3-8(19-14-5)10-6(2)9(20(17)18)4-7(11(10)13)12(15)16/h4,6,8H,3H2,1-2H3,(H,15,16). The fourth-order valence-corrected chi connectivity index (χ4v) is 3.31. The van der Waals surface area contributed by atoms with Gasteiger partial charge in [-0.15, -0.1) is 0 Å². The third-order valence-corrected chi connectivity index (χ3v) is 4.53. The topological polar surface area (TPSA) is 93.0 Å². The third-order valence-electron chi connectivity index (χ3n) is 3.26. The normalized spacial score (nSPS) is 26.1. The molecule has 0 aromatic rings. The monoisotopic (exact) mass is 317 g/mol. The van der Waals surface area contributed by atoms with Crippen molar-refractivity contribution in [3.05, 3.63) is 22.3 Å². The van der Waals surface area contributed by atoms with Crippen LogP contribution in [0.25, 0.3) is 0 Å². The number of hydrogen-bond acceptors (Lipinski definition) is 5. The lowest BCUT2D eigenvalue weighted by Crippen LogP contribution is -2.28. The summed E-state index contributed by atoms with van der Waals surface area (Å²) in [6.45, 7) is 3.42. The lowest BCUT2D eigenvalue weighted by molar-refractivity contribution is -0.132. The zero-order valence-electron chi connectivity index (χ0n) is 10.8. The molecule has 1 heterocycles. The van der Waals surface area contributed by atoms with Gasteiger partial charge in [-0.25, -0.2) is 4.79 Å². The predicted molar refractivity (Wildman–Crippen MR) is 74.3 cm³/mol. The number of oxime groups is 1. The van der Waals surface area contributed by atoms with E-state index in [1.165, 1.54) is 0 Å². The first-order chi connectivity index (χ1) is 9.32. The summed E-state index contributed by atoms with van der Waals surface area (Å²) in [6, 6.07) is 0. The second-order valence-corrected chi connectivity index (χ2v) is 5.93. The number of carboxylic acid groups (broad SMARTS) is 1. The first-order valence-corrected chi connectivity index (χ1v) is 7.28. The molecular weight excluding hydrogens is 306 g/mol. The van der Waals surface area contributed by atoms with Gasteiger partial charge in [-0.3, -0.25) is 0 Å². The summed E-state index contributed by atoms with van der Waals surface area (Å²) in [4.78, 5) is 16.4. The Bertz CT molecular complexity index is 693. The fraction of sp³-hybridized carbons (Fsp3) is 0.417. The van der Waals surface area contributed by atoms with Gasteiger partial charge in [0.15, 0.2) is 6.10 Å². The SMILES string of the molecule is CC1=NOC(C2=C(Cl)C(C(=O)O)=CC(=S(=O)=O)C2C)C1. The minimum atomic E-state index is -2.52. The molecule has 1 aliphatic carbocycles. The molecule has 6 nitrogen and oxygen atoms in total. The van der Waals surface area contributed by atoms with E-state index in [1.54, 1.807) is 13.8 Å². The van der Waals surface area contributed by atoms with Crippen LogP contribution in [0.4, 0.5) is 0 Å². The maximum atomic E-state index is 11.3. The van der Waals surface area contributed by atoms with Gasteiger partial charge in [0.05, 0.1) is 21.2 Å². The van der Waals surface area contributed by atoms with E-state index in [1.807, 2.05) is 0 Å². The fourth-order valence-electron chi connectivity index (χ4n) is 2.26. The van der Waals surface area contributed by atoms with Gasteiger partial charge in [-0.05, 0) is 13.0 Å². The molecule has 2 aliphatic rings. The van der Waals surface area contributed by atoms with Crippen molar-refractivity contribution in [3.63, 3.8) is 0 Å². The first-order valence-electron chi connectivity index (χ1n) is 5.83. The second kappa shape index (κ2) is 5.41. The largest absolute Gasteiger partial charge is 0.478 e. The van der Waals surface area contributed by atoms with Crippen LogP contribution in [0.3, 0.4) is 0 Å². The van der Waals surface area contributed by atoms with Crippen molar-refractivity contribution in [2.24, 2.45) is 11.1 Å². The summed E-state index contributed by atoms with van der Waals surface area (Å²) in [7, 11) is -2.52. The Morgan fingerprint density at radius 3 is 2.65 bits per heavy atom. The van der Waals surface area contributed by atoms with E-state index in [9.17, 15) is 13.2 Å². The lowest BCUT2D eigenvalue weighted by Gasteiger charge is -2.25. The number of nitrogens with zero attached hydrogens (tertiary/aromatic N) is 1. The predicted octanol–water partition coefficient (Wildman–Crippen LogP) is 1.36. The Hall–Kier alpha value is -1.60. The summed E-state index contributed by atoms with van der Waals surface area (Å²) in [5, 5.41) is 13.0. The molecule has 0 amide bonds. The molecule has 0 spiro atoms. The molecule has 0 bridgehead atoms. The zero-order valence-corrected chi connectivity index (χ0v) is 12.3. The molecule has 108 valence electrons. The van der Waals surface area contributed by atoms with Crippen LogP contribution < -0.4 is 0 Å². The van der Waals surface area contributed by atoms with E-state index in [2.05, 4.69) is 5.16 Å². The minimum absolute atomic E-state index is 0.0186. The molecule has 20 heavy (non-hydrogen) atoms. The molecule has 0 saturated heterocycles. The molecule has 0 fully saturated rings. The number of rotatable bonds is 2. The van der Waals surface area contributed by atoms with Gasteiger partial charge in [0, 0.05) is 17.9 Å². The molecule has 2 atom stereocenters. The average molecular weight is 318 g/mol. The highest BCUT2D eigenvalue weighted by Crippen LogP contribution is 2.36. The van der Waals surface area contributed by atoms with Crippen molar-refractivity contribution >= 4 is 38.4 Å². The van der Waals surface area contributed by atoms with E-state index in [4.69, 9.17) is 21.5 Å². The number of allylic oxidation sites excluding steroid dienone is 1. The number of aliphatic carboxylic acids is 1.